The third-order valence-corrected chi connectivity index (χ3v) is 33.1. The van der Waals surface area contributed by atoms with Gasteiger partial charge in [-0.3, -0.25) is 0 Å². The molecule has 0 aromatic heterocycles. The number of thiol groups is 1. The maximum absolute atomic E-state index is 13.6. The number of hydrogen-bond donors (Lipinski definition) is 1. The Hall–Kier alpha value is -2.74. The second-order valence-electron chi connectivity index (χ2n) is 30.5. The first kappa shape index (κ1) is 70.6. The molecule has 12 nitrogen and oxygen atoms in total. The SMILES string of the molecule is CCC1(OC(=O)COc2cc(I)c(COc3ccc4c(c3)-c3cc(OCc5cc(I)c(OCC(=O)OC6(CC)C7CC8CC(C7)CC6C8)cc5I)ccc3[SH]4c3ccc(Oc4cc(I)c(OCC(=O)OC5(CC)C6CC7CC(C6)CC5C7)cc4I)cc3)cc2I)C2CC3CC(C2)CC1C3. The van der Waals surface area contributed by atoms with E-state index in [1.54, 1.807) is 0 Å². The highest BCUT2D eigenvalue weighted by atomic mass is 127. The Labute approximate surface area is 666 Å². The van der Waals surface area contributed by atoms with Gasteiger partial charge in [0.15, 0.2) is 19.8 Å². The minimum absolute atomic E-state index is 0.116. The predicted octanol–water partition coefficient (Wildman–Crippen LogP) is 21.3. The van der Waals surface area contributed by atoms with Crippen LogP contribution in [0.2, 0.25) is 0 Å². The summed E-state index contributed by atoms with van der Waals surface area (Å²) >= 11 is 13.8. The highest BCUT2D eigenvalue weighted by Crippen LogP contribution is 2.66. The van der Waals surface area contributed by atoms with Gasteiger partial charge in [0.25, 0.3) is 0 Å². The van der Waals surface area contributed by atoms with Gasteiger partial charge in [-0.1, -0.05) is 20.8 Å². The van der Waals surface area contributed by atoms with Crippen LogP contribution in [0.3, 0.4) is 0 Å². The van der Waals surface area contributed by atoms with Crippen molar-refractivity contribution in [1.82, 2.24) is 0 Å². The molecule has 6 aromatic carbocycles. The van der Waals surface area contributed by atoms with Crippen LogP contribution >= 0.6 is 146 Å². The number of benzene rings is 6. The number of fused-ring (bicyclic) bond motifs is 3. The zero-order valence-electron chi connectivity index (χ0n) is 56.0. The Morgan fingerprint density at radius 1 is 0.364 bits per heavy atom. The molecule has 0 atom stereocenters. The van der Waals surface area contributed by atoms with Crippen molar-refractivity contribution in [2.24, 2.45) is 71.0 Å². The van der Waals surface area contributed by atoms with Crippen molar-refractivity contribution in [2.75, 3.05) is 19.8 Å². The molecule has 0 saturated heterocycles. The summed E-state index contributed by atoms with van der Waals surface area (Å²) in [4.78, 5) is 44.4. The van der Waals surface area contributed by atoms with Crippen LogP contribution in [0.15, 0.2) is 112 Å². The lowest BCUT2D eigenvalue weighted by Gasteiger charge is -2.60. The largest absolute Gasteiger partial charge is 0.489 e. The van der Waals surface area contributed by atoms with Crippen LogP contribution < -0.4 is 28.4 Å². The van der Waals surface area contributed by atoms with E-state index in [9.17, 15) is 14.4 Å². The molecule has 0 radical (unpaired) electrons. The summed E-state index contributed by atoms with van der Waals surface area (Å²) in [6.07, 6.45) is 20.9. The second kappa shape index (κ2) is 28.9. The van der Waals surface area contributed by atoms with Crippen LogP contribution in [0.1, 0.15) is 147 Å². The molecular formula is C80H84I6O12S. The van der Waals surface area contributed by atoms with Gasteiger partial charge < -0.3 is 42.6 Å². The molecule has 19 rings (SSSR count). The quantitative estimate of drug-likeness (QED) is 0.0267. The van der Waals surface area contributed by atoms with E-state index in [0.717, 1.165) is 110 Å². The number of hydrogen-bond acceptors (Lipinski definition) is 12. The minimum atomic E-state index is -1.00. The summed E-state index contributed by atoms with van der Waals surface area (Å²) in [5.74, 6) is 11.6. The Morgan fingerprint density at radius 3 is 1.01 bits per heavy atom. The van der Waals surface area contributed by atoms with E-state index in [0.29, 0.717) is 77.5 Å². The number of halogens is 6. The van der Waals surface area contributed by atoms with Crippen molar-refractivity contribution in [3.05, 3.63) is 130 Å². The van der Waals surface area contributed by atoms with Crippen molar-refractivity contribution in [3.8, 4) is 51.4 Å². The van der Waals surface area contributed by atoms with E-state index in [2.05, 4.69) is 217 Å². The average Bonchev–Trinajstić information content (AvgIpc) is 1.42. The van der Waals surface area contributed by atoms with Crippen LogP contribution in [-0.2, 0) is 41.8 Å². The molecule has 6 aromatic rings. The molecule has 12 fully saturated rings. The standard InChI is InChI=1S/C80H84I6O12S/c1-4-78(51-18-43-15-44(20-51)21-52(78)19-43)96-75(87)40-92-69-34-63(81)49(30-65(69)83)38-90-58-9-13-73-61(32-58)62-33-59(91-39-50-31-66(84)70(35-64(50)82)93-41-76(88)97-79(5-2)53-22-45-16-46(24-53)25-54(79)23-45)10-14-74(62)99(73)60-11-7-57(8-12-60)95-72-37-67(85)71(36-68(72)86)94-42-77(89)98-80(6-3)55-26-47-17-48(28-55)29-56(80)27-47/h7-14,30-37,43-48,51-56,99H,4-6,15-29,38-42H2,1-3H3. The fraction of sp³-hybridized carbons (Fsp3) is 0.512. The summed E-state index contributed by atoms with van der Waals surface area (Å²) in [7, 11) is -1.00. The number of ether oxygens (including phenoxy) is 9. The van der Waals surface area contributed by atoms with Gasteiger partial charge in [-0.15, -0.1) is 0 Å². The molecule has 13 aliphatic rings. The smallest absolute Gasteiger partial charge is 0.344 e. The zero-order chi connectivity index (χ0) is 68.2. The molecule has 0 spiro atoms. The van der Waals surface area contributed by atoms with Crippen LogP contribution in [-0.4, -0.2) is 54.5 Å². The van der Waals surface area contributed by atoms with E-state index in [1.165, 1.54) is 111 Å². The van der Waals surface area contributed by atoms with Crippen LogP contribution in [0.5, 0.6) is 40.2 Å². The predicted molar refractivity (Wildman–Crippen MR) is 431 cm³/mol. The van der Waals surface area contributed by atoms with Gasteiger partial charge >= 0.3 is 17.9 Å². The Morgan fingerprint density at radius 2 is 0.667 bits per heavy atom. The van der Waals surface area contributed by atoms with Gasteiger partial charge in [-0.25, -0.2) is 14.4 Å². The maximum Gasteiger partial charge on any atom is 0.344 e. The van der Waals surface area contributed by atoms with E-state index >= 15 is 0 Å². The lowest BCUT2D eigenvalue weighted by atomic mass is 9.49. The molecule has 99 heavy (non-hydrogen) atoms. The first-order chi connectivity index (χ1) is 47.8. The van der Waals surface area contributed by atoms with Crippen molar-refractivity contribution in [3.63, 3.8) is 0 Å². The number of esters is 3. The summed E-state index contributed by atoms with van der Waals surface area (Å²) in [5, 5.41) is 0. The Bertz CT molecular complexity index is 3880. The van der Waals surface area contributed by atoms with E-state index in [4.69, 9.17) is 42.6 Å². The lowest BCUT2D eigenvalue weighted by Crippen LogP contribution is -2.59. The third-order valence-electron chi connectivity index (χ3n) is 25.2. The van der Waals surface area contributed by atoms with Gasteiger partial charge in [0.1, 0.15) is 70.3 Å². The van der Waals surface area contributed by atoms with E-state index < -0.39 is 10.9 Å². The van der Waals surface area contributed by atoms with Gasteiger partial charge in [0.05, 0.1) is 14.3 Å². The van der Waals surface area contributed by atoms with Crippen molar-refractivity contribution in [2.45, 2.75) is 181 Å². The monoisotopic (exact) mass is 2030 g/mol. The second-order valence-corrected chi connectivity index (χ2v) is 39.6. The van der Waals surface area contributed by atoms with Crippen LogP contribution in [0.25, 0.3) is 11.1 Å². The van der Waals surface area contributed by atoms with Gasteiger partial charge in [0.2, 0.25) is 0 Å². The number of rotatable bonds is 24. The van der Waals surface area contributed by atoms with Crippen molar-refractivity contribution < 1.29 is 57.0 Å². The molecule has 1 heterocycles. The van der Waals surface area contributed by atoms with E-state index in [-0.39, 0.29) is 54.5 Å². The molecule has 0 unspecified atom stereocenters. The lowest BCUT2D eigenvalue weighted by molar-refractivity contribution is -0.212. The van der Waals surface area contributed by atoms with Crippen molar-refractivity contribution in [1.29, 1.82) is 0 Å². The first-order valence-electron chi connectivity index (χ1n) is 36.0. The molecule has 19 heteroatoms. The molecule has 12 bridgehead atoms. The summed E-state index contributed by atoms with van der Waals surface area (Å²) in [6, 6.07) is 33.5. The maximum atomic E-state index is 13.6. The molecule has 0 N–H and O–H groups in total. The Balaban J connectivity index is 0.600. The average molecular weight is 2030 g/mol. The molecule has 12 saturated carbocycles. The molecule has 12 aliphatic carbocycles. The fourth-order valence-corrected chi connectivity index (χ4v) is 27.6. The minimum Gasteiger partial charge on any atom is -0.489 e. The van der Waals surface area contributed by atoms with E-state index in [1.807, 2.05) is 36.4 Å². The molecular weight excluding hydrogens is 1950 g/mol. The van der Waals surface area contributed by atoms with Crippen LogP contribution in [0, 0.1) is 92.4 Å². The molecule has 524 valence electrons. The Kier molecular flexibility index (Phi) is 20.6. The topological polar surface area (TPSA) is 134 Å². The van der Waals surface area contributed by atoms with Gasteiger partial charge in [-0.05, 0) is 435 Å². The highest BCUT2D eigenvalue weighted by Gasteiger charge is 2.61. The fourth-order valence-electron chi connectivity index (χ4n) is 21.4. The van der Waals surface area contributed by atoms with Gasteiger partial charge in [-0.2, -0.15) is 10.9 Å². The zero-order valence-corrected chi connectivity index (χ0v) is 69.9. The van der Waals surface area contributed by atoms with Crippen molar-refractivity contribution >= 4 is 164 Å². The summed E-state index contributed by atoms with van der Waals surface area (Å²) < 4.78 is 63.7. The normalized spacial score (nSPS) is 31.5. The number of carbonyl (C=O) groups is 3. The first-order valence-corrected chi connectivity index (χ1v) is 43.8. The molecule has 0 amide bonds. The summed E-state index contributed by atoms with van der Waals surface area (Å²) in [5.41, 5.74) is 3.14. The highest BCUT2D eigenvalue weighted by molar-refractivity contribution is 14.1. The molecule has 1 aliphatic heterocycles. The number of carbonyl (C=O) groups excluding carboxylic acids is 3. The third kappa shape index (κ3) is 13.7. The summed E-state index contributed by atoms with van der Waals surface area (Å²) in [6.45, 7) is 6.89. The van der Waals surface area contributed by atoms with Gasteiger partial charge in [0, 0.05) is 28.1 Å². The van der Waals surface area contributed by atoms with Crippen LogP contribution in [0.4, 0.5) is 0 Å².